The van der Waals surface area contributed by atoms with Crippen LogP contribution in [0.5, 0.6) is 0 Å². The van der Waals surface area contributed by atoms with E-state index in [1.54, 1.807) is 7.11 Å². The van der Waals surface area contributed by atoms with Crippen LogP contribution in [0, 0.1) is 11.8 Å². The standard InChI is InChI=1S/C16H26N4O/c1-21-11-15-16-14(20(18-17-16)10-13-5-6-13)7-8-19(15)9-12-3-2-4-12/h12-13,15H,2-11H2,1H3/t15-/m1/s1. The molecule has 0 saturated heterocycles. The van der Waals surface area contributed by atoms with Gasteiger partial charge in [-0.1, -0.05) is 11.6 Å². The quantitative estimate of drug-likeness (QED) is 0.804. The molecule has 0 N–H and O–H groups in total. The Hall–Kier alpha value is -0.940. The van der Waals surface area contributed by atoms with Gasteiger partial charge in [-0.2, -0.15) is 0 Å². The molecule has 0 unspecified atom stereocenters. The fourth-order valence-corrected chi connectivity index (χ4v) is 3.70. The van der Waals surface area contributed by atoms with E-state index in [2.05, 4.69) is 19.9 Å². The molecule has 1 atom stereocenters. The summed E-state index contributed by atoms with van der Waals surface area (Å²) in [6.45, 7) is 4.16. The van der Waals surface area contributed by atoms with Crippen LogP contribution < -0.4 is 0 Å². The van der Waals surface area contributed by atoms with E-state index in [1.165, 1.54) is 50.0 Å². The number of aromatic nitrogens is 3. The Bertz CT molecular complexity index is 492. The smallest absolute Gasteiger partial charge is 0.105 e. The van der Waals surface area contributed by atoms with E-state index in [4.69, 9.17) is 4.74 Å². The van der Waals surface area contributed by atoms with E-state index >= 15 is 0 Å². The number of hydrogen-bond acceptors (Lipinski definition) is 4. The maximum atomic E-state index is 5.49. The van der Waals surface area contributed by atoms with Crippen LogP contribution in [0.15, 0.2) is 0 Å². The van der Waals surface area contributed by atoms with E-state index < -0.39 is 0 Å². The van der Waals surface area contributed by atoms with Crippen molar-refractivity contribution in [3.05, 3.63) is 11.4 Å². The highest BCUT2D eigenvalue weighted by Crippen LogP contribution is 2.35. The minimum absolute atomic E-state index is 0.312. The zero-order chi connectivity index (χ0) is 14.2. The molecule has 2 heterocycles. The molecule has 2 aliphatic carbocycles. The molecule has 0 aromatic carbocycles. The lowest BCUT2D eigenvalue weighted by Gasteiger charge is -2.39. The van der Waals surface area contributed by atoms with E-state index in [0.717, 1.165) is 38.0 Å². The summed E-state index contributed by atoms with van der Waals surface area (Å²) in [5.74, 6) is 1.75. The summed E-state index contributed by atoms with van der Waals surface area (Å²) in [6.07, 6.45) is 8.04. The highest BCUT2D eigenvalue weighted by Gasteiger charge is 2.35. The molecule has 4 rings (SSSR count). The van der Waals surface area contributed by atoms with Crippen LogP contribution in [0.25, 0.3) is 0 Å². The third-order valence-electron chi connectivity index (χ3n) is 5.43. The number of nitrogens with zero attached hydrogens (tertiary/aromatic N) is 4. The highest BCUT2D eigenvalue weighted by atomic mass is 16.5. The Morgan fingerprint density at radius 2 is 1.95 bits per heavy atom. The van der Waals surface area contributed by atoms with Gasteiger partial charge < -0.3 is 4.74 Å². The minimum atomic E-state index is 0.312. The molecule has 0 amide bonds. The summed E-state index contributed by atoms with van der Waals surface area (Å²) >= 11 is 0. The molecule has 2 fully saturated rings. The van der Waals surface area contributed by atoms with Crippen molar-refractivity contribution < 1.29 is 4.74 Å². The van der Waals surface area contributed by atoms with Crippen molar-refractivity contribution in [3.8, 4) is 0 Å². The molecule has 1 aromatic rings. The average molecular weight is 290 g/mol. The Labute approximate surface area is 126 Å². The Balaban J connectivity index is 1.52. The van der Waals surface area contributed by atoms with Crippen LogP contribution in [-0.2, 0) is 17.7 Å². The van der Waals surface area contributed by atoms with E-state index in [-0.39, 0.29) is 0 Å². The highest BCUT2D eigenvalue weighted by molar-refractivity contribution is 5.19. The van der Waals surface area contributed by atoms with Crippen LogP contribution in [0.4, 0.5) is 0 Å². The first-order chi connectivity index (χ1) is 10.3. The van der Waals surface area contributed by atoms with Crippen molar-refractivity contribution in [1.29, 1.82) is 0 Å². The summed E-state index contributed by atoms with van der Waals surface area (Å²) < 4.78 is 7.66. The molecule has 21 heavy (non-hydrogen) atoms. The predicted octanol–water partition coefficient (Wildman–Crippen LogP) is 2.03. The van der Waals surface area contributed by atoms with E-state index in [9.17, 15) is 0 Å². The maximum absolute atomic E-state index is 5.49. The van der Waals surface area contributed by atoms with Gasteiger partial charge >= 0.3 is 0 Å². The minimum Gasteiger partial charge on any atom is -0.383 e. The van der Waals surface area contributed by atoms with Gasteiger partial charge in [-0.15, -0.1) is 5.10 Å². The van der Waals surface area contributed by atoms with Crippen LogP contribution in [-0.4, -0.2) is 46.7 Å². The first kappa shape index (κ1) is 13.7. The van der Waals surface area contributed by atoms with Crippen molar-refractivity contribution in [2.24, 2.45) is 11.8 Å². The van der Waals surface area contributed by atoms with Gasteiger partial charge in [0, 0.05) is 33.2 Å². The summed E-state index contributed by atoms with van der Waals surface area (Å²) in [6, 6.07) is 0.312. The zero-order valence-corrected chi connectivity index (χ0v) is 13.0. The van der Waals surface area contributed by atoms with Crippen molar-refractivity contribution in [1.82, 2.24) is 19.9 Å². The fraction of sp³-hybridized carbons (Fsp3) is 0.875. The zero-order valence-electron chi connectivity index (χ0n) is 13.0. The maximum Gasteiger partial charge on any atom is 0.105 e. The second-order valence-electron chi connectivity index (χ2n) is 7.06. The van der Waals surface area contributed by atoms with Crippen LogP contribution in [0.1, 0.15) is 49.5 Å². The lowest BCUT2D eigenvalue weighted by Crippen LogP contribution is -2.42. The van der Waals surface area contributed by atoms with Crippen molar-refractivity contribution in [3.63, 3.8) is 0 Å². The Morgan fingerprint density at radius 1 is 1.14 bits per heavy atom. The molecule has 5 nitrogen and oxygen atoms in total. The van der Waals surface area contributed by atoms with Gasteiger partial charge in [0.2, 0.25) is 0 Å². The molecular formula is C16H26N4O. The monoisotopic (exact) mass is 290 g/mol. The summed E-state index contributed by atoms with van der Waals surface area (Å²) in [7, 11) is 1.80. The number of rotatable bonds is 6. The molecule has 0 spiro atoms. The van der Waals surface area contributed by atoms with Crippen molar-refractivity contribution in [2.75, 3.05) is 26.8 Å². The third kappa shape index (κ3) is 2.73. The van der Waals surface area contributed by atoms with Gasteiger partial charge in [0.15, 0.2) is 0 Å². The lowest BCUT2D eigenvalue weighted by atomic mass is 9.84. The molecule has 116 valence electrons. The topological polar surface area (TPSA) is 43.2 Å². The summed E-state index contributed by atoms with van der Waals surface area (Å²) in [5.41, 5.74) is 2.55. The average Bonchev–Trinajstić information content (AvgIpc) is 3.16. The van der Waals surface area contributed by atoms with Crippen LogP contribution in [0.2, 0.25) is 0 Å². The first-order valence-corrected chi connectivity index (χ1v) is 8.50. The van der Waals surface area contributed by atoms with Crippen LogP contribution >= 0.6 is 0 Å². The molecule has 5 heteroatoms. The second-order valence-corrected chi connectivity index (χ2v) is 7.06. The molecule has 2 saturated carbocycles. The Morgan fingerprint density at radius 3 is 2.62 bits per heavy atom. The molecule has 1 aliphatic heterocycles. The second kappa shape index (κ2) is 5.69. The van der Waals surface area contributed by atoms with Crippen molar-refractivity contribution >= 4 is 0 Å². The summed E-state index contributed by atoms with van der Waals surface area (Å²) in [4.78, 5) is 2.59. The molecule has 0 radical (unpaired) electrons. The van der Waals surface area contributed by atoms with E-state index in [0.29, 0.717) is 6.04 Å². The number of hydrogen-bond donors (Lipinski definition) is 0. The first-order valence-electron chi connectivity index (χ1n) is 8.50. The van der Waals surface area contributed by atoms with Gasteiger partial charge in [0.05, 0.1) is 18.3 Å². The van der Waals surface area contributed by atoms with Gasteiger partial charge in [-0.25, -0.2) is 4.68 Å². The van der Waals surface area contributed by atoms with Gasteiger partial charge in [-0.05, 0) is 37.5 Å². The number of fused-ring (bicyclic) bond motifs is 1. The SMILES string of the molecule is COC[C@@H]1c2nnn(CC3CC3)c2CCN1CC1CCC1. The van der Waals surface area contributed by atoms with Gasteiger partial charge in [0.1, 0.15) is 5.69 Å². The summed E-state index contributed by atoms with van der Waals surface area (Å²) in [5, 5.41) is 8.97. The molecule has 1 aromatic heterocycles. The normalized spacial score (nSPS) is 26.6. The molecule has 0 bridgehead atoms. The number of ether oxygens (including phenoxy) is 1. The fourth-order valence-electron chi connectivity index (χ4n) is 3.70. The molecule has 3 aliphatic rings. The third-order valence-corrected chi connectivity index (χ3v) is 5.43. The van der Waals surface area contributed by atoms with Crippen LogP contribution in [0.3, 0.4) is 0 Å². The lowest BCUT2D eigenvalue weighted by molar-refractivity contribution is 0.0575. The number of methoxy groups -OCH3 is 1. The Kier molecular flexibility index (Phi) is 3.71. The van der Waals surface area contributed by atoms with Crippen molar-refractivity contribution in [2.45, 2.75) is 51.1 Å². The molecular weight excluding hydrogens is 264 g/mol. The largest absolute Gasteiger partial charge is 0.383 e. The predicted molar refractivity (Wildman–Crippen MR) is 80.0 cm³/mol. The van der Waals surface area contributed by atoms with E-state index in [1.807, 2.05) is 0 Å². The van der Waals surface area contributed by atoms with Gasteiger partial charge in [0.25, 0.3) is 0 Å². The van der Waals surface area contributed by atoms with Gasteiger partial charge in [-0.3, -0.25) is 4.90 Å².